The summed E-state index contributed by atoms with van der Waals surface area (Å²) >= 11 is 6.37. The van der Waals surface area contributed by atoms with Crippen LogP contribution in [0, 0.1) is 0 Å². The molecule has 1 aliphatic heterocycles. The molecule has 0 spiro atoms. The maximum absolute atomic E-state index is 12.2. The highest BCUT2D eigenvalue weighted by molar-refractivity contribution is 8.23. The van der Waals surface area contributed by atoms with Crippen LogP contribution in [0.4, 0.5) is 5.69 Å². The van der Waals surface area contributed by atoms with E-state index >= 15 is 0 Å². The number of hydrogen-bond acceptors (Lipinski definition) is 7. The van der Waals surface area contributed by atoms with Crippen molar-refractivity contribution in [1.29, 1.82) is 0 Å². The lowest BCUT2D eigenvalue weighted by Gasteiger charge is -2.12. The third-order valence-electron chi connectivity index (χ3n) is 4.24. The number of ether oxygens (including phenoxy) is 2. The Morgan fingerprint density at radius 3 is 2.67 bits per heavy atom. The molecule has 1 saturated heterocycles. The molecule has 9 heteroatoms. The summed E-state index contributed by atoms with van der Waals surface area (Å²) in [6.45, 7) is 1.92. The van der Waals surface area contributed by atoms with Gasteiger partial charge in [-0.15, -0.1) is 0 Å². The van der Waals surface area contributed by atoms with E-state index in [1.807, 2.05) is 24.3 Å². The maximum Gasteiger partial charge on any atom is 0.262 e. The predicted octanol–water partition coefficient (Wildman–Crippen LogP) is 3.47. The first kappa shape index (κ1) is 21.8. The highest BCUT2D eigenvalue weighted by atomic mass is 32.2. The number of rotatable bonds is 8. The second-order valence-electron chi connectivity index (χ2n) is 6.30. The number of anilines is 1. The molecule has 0 unspecified atom stereocenters. The molecule has 2 amide bonds. The third kappa shape index (κ3) is 5.58. The van der Waals surface area contributed by atoms with Crippen LogP contribution in [0.15, 0.2) is 47.6 Å². The average Bonchev–Trinajstić information content (AvgIpc) is 3.08. The Balaban J connectivity index is 1.59. The summed E-state index contributed by atoms with van der Waals surface area (Å²) < 4.78 is 11.4. The maximum atomic E-state index is 12.2. The fourth-order valence-electron chi connectivity index (χ4n) is 2.63. The van der Waals surface area contributed by atoms with Crippen LogP contribution >= 0.6 is 24.0 Å². The van der Waals surface area contributed by atoms with Crippen LogP contribution in [0.25, 0.3) is 0 Å². The number of nitrogens with one attached hydrogen (secondary N) is 1. The molecule has 2 aromatic carbocycles. The smallest absolute Gasteiger partial charge is 0.262 e. The standard InChI is InChI=1S/C21H21N3O4S2/c1-3-14-4-7-16(8-5-14)23-19(25)12-28-17-9-6-15(10-18(17)27-2)11-22-24-20(26)13-30-21(24)29/h4-11H,3,12-13H2,1-2H3,(H,23,25)/b22-11-. The first-order valence-electron chi connectivity index (χ1n) is 9.23. The zero-order valence-electron chi connectivity index (χ0n) is 16.6. The SMILES string of the molecule is CCc1ccc(NC(=O)COc2ccc(/C=N\N3C(=O)CSC3=S)cc2OC)cc1. The van der Waals surface area contributed by atoms with Gasteiger partial charge in [-0.25, -0.2) is 0 Å². The van der Waals surface area contributed by atoms with Gasteiger partial charge < -0.3 is 14.8 Å². The van der Waals surface area contributed by atoms with Gasteiger partial charge in [0.25, 0.3) is 11.8 Å². The lowest BCUT2D eigenvalue weighted by atomic mass is 10.1. The van der Waals surface area contributed by atoms with Crippen LogP contribution in [0.2, 0.25) is 0 Å². The van der Waals surface area contributed by atoms with E-state index in [2.05, 4.69) is 17.3 Å². The van der Waals surface area contributed by atoms with Gasteiger partial charge in [0.05, 0.1) is 19.1 Å². The highest BCUT2D eigenvalue weighted by Crippen LogP contribution is 2.28. The Labute approximate surface area is 184 Å². The Kier molecular flexibility index (Phi) is 7.42. The van der Waals surface area contributed by atoms with Gasteiger partial charge in [0.1, 0.15) is 0 Å². The Bertz CT molecular complexity index is 961. The number of carbonyl (C=O) groups is 2. The Morgan fingerprint density at radius 1 is 1.27 bits per heavy atom. The molecule has 2 aromatic rings. The average molecular weight is 444 g/mol. The van der Waals surface area contributed by atoms with Gasteiger partial charge in [0.15, 0.2) is 22.4 Å². The number of carbonyl (C=O) groups excluding carboxylic acids is 2. The first-order chi connectivity index (χ1) is 14.5. The van der Waals surface area contributed by atoms with E-state index in [1.54, 1.807) is 18.2 Å². The fraction of sp³-hybridized carbons (Fsp3) is 0.238. The topological polar surface area (TPSA) is 80.2 Å². The summed E-state index contributed by atoms with van der Waals surface area (Å²) in [5.41, 5.74) is 2.62. The van der Waals surface area contributed by atoms with Gasteiger partial charge in [-0.3, -0.25) is 9.59 Å². The minimum Gasteiger partial charge on any atom is -0.493 e. The summed E-state index contributed by atoms with van der Waals surface area (Å²) in [5.74, 6) is 0.754. The molecule has 0 saturated carbocycles. The fourth-order valence-corrected chi connectivity index (χ4v) is 3.60. The zero-order valence-corrected chi connectivity index (χ0v) is 18.2. The molecular weight excluding hydrogens is 422 g/mol. The number of hydrogen-bond donors (Lipinski definition) is 1. The van der Waals surface area contributed by atoms with E-state index in [-0.39, 0.29) is 18.4 Å². The molecule has 7 nitrogen and oxygen atoms in total. The first-order valence-corrected chi connectivity index (χ1v) is 10.6. The predicted molar refractivity (Wildman–Crippen MR) is 122 cm³/mol. The van der Waals surface area contributed by atoms with E-state index in [4.69, 9.17) is 21.7 Å². The van der Waals surface area contributed by atoms with Crippen LogP contribution in [0.1, 0.15) is 18.1 Å². The number of aryl methyl sites for hydroxylation is 1. The normalized spacial score (nSPS) is 13.7. The molecule has 0 aliphatic carbocycles. The summed E-state index contributed by atoms with van der Waals surface area (Å²) in [6.07, 6.45) is 2.47. The second kappa shape index (κ2) is 10.2. The number of methoxy groups -OCH3 is 1. The van der Waals surface area contributed by atoms with Gasteiger partial charge in [0.2, 0.25) is 0 Å². The quantitative estimate of drug-likeness (QED) is 0.497. The van der Waals surface area contributed by atoms with Crippen LogP contribution in [0.5, 0.6) is 11.5 Å². The summed E-state index contributed by atoms with van der Waals surface area (Å²) in [5, 5.41) is 8.13. The van der Waals surface area contributed by atoms with Crippen LogP contribution in [-0.4, -0.2) is 46.8 Å². The van der Waals surface area contributed by atoms with E-state index in [1.165, 1.54) is 35.7 Å². The lowest BCUT2D eigenvalue weighted by Crippen LogP contribution is -2.22. The van der Waals surface area contributed by atoms with Crippen molar-refractivity contribution in [3.05, 3.63) is 53.6 Å². The molecule has 3 rings (SSSR count). The van der Waals surface area contributed by atoms with Gasteiger partial charge in [-0.1, -0.05) is 43.0 Å². The summed E-state index contributed by atoms with van der Waals surface area (Å²) in [4.78, 5) is 23.9. The van der Waals surface area contributed by atoms with E-state index < -0.39 is 0 Å². The van der Waals surface area contributed by atoms with Crippen molar-refractivity contribution in [2.24, 2.45) is 5.10 Å². The number of benzene rings is 2. The van der Waals surface area contributed by atoms with Gasteiger partial charge in [-0.05, 0) is 47.9 Å². The number of thioether (sulfide) groups is 1. The third-order valence-corrected chi connectivity index (χ3v) is 5.58. The van der Waals surface area contributed by atoms with Crippen molar-refractivity contribution in [2.75, 3.05) is 24.8 Å². The van der Waals surface area contributed by atoms with Crippen LogP contribution in [0.3, 0.4) is 0 Å². The monoisotopic (exact) mass is 443 g/mol. The zero-order chi connectivity index (χ0) is 21.5. The number of amides is 2. The van der Waals surface area contributed by atoms with Crippen molar-refractivity contribution in [1.82, 2.24) is 5.01 Å². The van der Waals surface area contributed by atoms with Crippen molar-refractivity contribution >= 4 is 52.0 Å². The number of thiocarbonyl (C=S) groups is 1. The van der Waals surface area contributed by atoms with Crippen molar-refractivity contribution < 1.29 is 19.1 Å². The molecule has 1 N–H and O–H groups in total. The summed E-state index contributed by atoms with van der Waals surface area (Å²) in [6, 6.07) is 12.8. The van der Waals surface area contributed by atoms with E-state index in [9.17, 15) is 9.59 Å². The van der Waals surface area contributed by atoms with Crippen LogP contribution in [-0.2, 0) is 16.0 Å². The molecular formula is C21H21N3O4S2. The van der Waals surface area contributed by atoms with E-state index in [0.717, 1.165) is 6.42 Å². The largest absolute Gasteiger partial charge is 0.493 e. The van der Waals surface area contributed by atoms with Gasteiger partial charge >= 0.3 is 0 Å². The van der Waals surface area contributed by atoms with E-state index in [0.29, 0.717) is 32.8 Å². The minimum absolute atomic E-state index is 0.150. The Morgan fingerprint density at radius 2 is 2.03 bits per heavy atom. The minimum atomic E-state index is -0.273. The molecule has 0 radical (unpaired) electrons. The molecule has 0 atom stereocenters. The van der Waals surface area contributed by atoms with Crippen LogP contribution < -0.4 is 14.8 Å². The van der Waals surface area contributed by atoms with Crippen molar-refractivity contribution in [2.45, 2.75) is 13.3 Å². The molecule has 1 fully saturated rings. The van der Waals surface area contributed by atoms with Crippen molar-refractivity contribution in [3.8, 4) is 11.5 Å². The molecule has 0 bridgehead atoms. The molecule has 156 valence electrons. The van der Waals surface area contributed by atoms with Crippen molar-refractivity contribution in [3.63, 3.8) is 0 Å². The lowest BCUT2D eigenvalue weighted by molar-refractivity contribution is -0.124. The molecule has 30 heavy (non-hydrogen) atoms. The number of nitrogens with zero attached hydrogens (tertiary/aromatic N) is 2. The number of hydrazone groups is 1. The molecule has 1 heterocycles. The van der Waals surface area contributed by atoms with Gasteiger partial charge in [0, 0.05) is 5.69 Å². The highest BCUT2D eigenvalue weighted by Gasteiger charge is 2.25. The summed E-state index contributed by atoms with van der Waals surface area (Å²) in [7, 11) is 1.51. The molecule has 1 aliphatic rings. The van der Waals surface area contributed by atoms with Gasteiger partial charge in [-0.2, -0.15) is 10.1 Å². The Hall–Kier alpha value is -2.91. The second-order valence-corrected chi connectivity index (χ2v) is 7.91. The molecule has 0 aromatic heterocycles.